The Labute approximate surface area is 102 Å². The second kappa shape index (κ2) is 8.44. The van der Waals surface area contributed by atoms with E-state index in [-0.39, 0.29) is 0 Å². The van der Waals surface area contributed by atoms with Gasteiger partial charge in [0.15, 0.2) is 5.76 Å². The average molecular weight is 270 g/mol. The van der Waals surface area contributed by atoms with Crippen LogP contribution in [-0.2, 0) is 14.3 Å². The number of halogens is 2. The molecule has 0 radical (unpaired) electrons. The molecule has 0 unspecified atom stereocenters. The smallest absolute Gasteiger partial charge is 0.306 e. The topological polar surface area (TPSA) is 43.4 Å². The Bertz CT molecular complexity index is 324. The maximum atomic E-state index is 12.4. The molecule has 0 atom stereocenters. The summed E-state index contributed by atoms with van der Waals surface area (Å²) in [6, 6.07) is 0. The number of unbranched alkanes of at least 4 members (excludes halogenated alkanes) is 5. The molecule has 0 aromatic rings. The standard InChI is InChI=1S/C11H20F2O3S/c1-3-4-5-6-7-8-9-10(11(12)13)16-17(2,14)15/h9,11H,3-8H2,1-2H3/b10-9+. The van der Waals surface area contributed by atoms with E-state index in [1.54, 1.807) is 0 Å². The van der Waals surface area contributed by atoms with E-state index in [0.717, 1.165) is 44.4 Å². The number of hydrogen-bond donors (Lipinski definition) is 0. The first-order chi connectivity index (χ1) is 7.87. The van der Waals surface area contributed by atoms with Crippen LogP contribution in [-0.4, -0.2) is 21.1 Å². The Morgan fingerprint density at radius 3 is 2.29 bits per heavy atom. The van der Waals surface area contributed by atoms with Crippen molar-refractivity contribution in [2.45, 2.75) is 51.9 Å². The lowest BCUT2D eigenvalue weighted by molar-refractivity contribution is 0.138. The van der Waals surface area contributed by atoms with Gasteiger partial charge in [-0.25, -0.2) is 8.78 Å². The summed E-state index contributed by atoms with van der Waals surface area (Å²) in [5.41, 5.74) is 0. The molecular formula is C11H20F2O3S. The van der Waals surface area contributed by atoms with E-state index >= 15 is 0 Å². The Balaban J connectivity index is 4.05. The zero-order chi connectivity index (χ0) is 13.3. The average Bonchev–Trinajstić information content (AvgIpc) is 2.19. The van der Waals surface area contributed by atoms with Crippen LogP contribution >= 0.6 is 0 Å². The van der Waals surface area contributed by atoms with Gasteiger partial charge < -0.3 is 4.18 Å². The van der Waals surface area contributed by atoms with Crippen molar-refractivity contribution >= 4 is 10.1 Å². The van der Waals surface area contributed by atoms with Gasteiger partial charge in [0.25, 0.3) is 6.43 Å². The van der Waals surface area contributed by atoms with Crippen LogP contribution in [0.15, 0.2) is 11.8 Å². The molecule has 0 spiro atoms. The van der Waals surface area contributed by atoms with Gasteiger partial charge in [0, 0.05) is 0 Å². The van der Waals surface area contributed by atoms with Gasteiger partial charge in [-0.05, 0) is 18.9 Å². The van der Waals surface area contributed by atoms with E-state index in [2.05, 4.69) is 11.1 Å². The third-order valence-corrected chi connectivity index (χ3v) is 2.61. The number of alkyl halides is 2. The van der Waals surface area contributed by atoms with Crippen LogP contribution in [0.5, 0.6) is 0 Å². The van der Waals surface area contributed by atoms with Crippen molar-refractivity contribution in [1.29, 1.82) is 0 Å². The molecule has 0 bridgehead atoms. The summed E-state index contributed by atoms with van der Waals surface area (Å²) >= 11 is 0. The van der Waals surface area contributed by atoms with E-state index in [1.165, 1.54) is 0 Å². The fourth-order valence-corrected chi connectivity index (χ4v) is 1.82. The van der Waals surface area contributed by atoms with Crippen LogP contribution in [0.3, 0.4) is 0 Å². The zero-order valence-corrected chi connectivity index (χ0v) is 11.1. The van der Waals surface area contributed by atoms with Gasteiger partial charge in [0.05, 0.1) is 6.26 Å². The van der Waals surface area contributed by atoms with Gasteiger partial charge in [-0.2, -0.15) is 8.42 Å². The third-order valence-electron chi connectivity index (χ3n) is 2.12. The lowest BCUT2D eigenvalue weighted by atomic mass is 10.1. The van der Waals surface area contributed by atoms with Gasteiger partial charge in [-0.1, -0.05) is 32.6 Å². The van der Waals surface area contributed by atoms with Crippen LogP contribution in [0.2, 0.25) is 0 Å². The van der Waals surface area contributed by atoms with E-state index < -0.39 is 22.3 Å². The lowest BCUT2D eigenvalue weighted by Crippen LogP contribution is -2.08. The minimum Gasteiger partial charge on any atom is -0.381 e. The predicted octanol–water partition coefficient (Wildman–Crippen LogP) is 3.47. The highest BCUT2D eigenvalue weighted by molar-refractivity contribution is 7.86. The molecule has 17 heavy (non-hydrogen) atoms. The molecule has 0 rings (SSSR count). The Kier molecular flexibility index (Phi) is 8.12. The van der Waals surface area contributed by atoms with E-state index in [4.69, 9.17) is 0 Å². The molecule has 0 amide bonds. The monoisotopic (exact) mass is 270 g/mol. The van der Waals surface area contributed by atoms with Crippen LogP contribution in [0.4, 0.5) is 8.78 Å². The fourth-order valence-electron chi connectivity index (χ4n) is 1.33. The lowest BCUT2D eigenvalue weighted by Gasteiger charge is -2.06. The second-order valence-electron chi connectivity index (χ2n) is 3.90. The van der Waals surface area contributed by atoms with Crippen molar-refractivity contribution in [3.05, 3.63) is 11.8 Å². The van der Waals surface area contributed by atoms with Crippen molar-refractivity contribution in [3.63, 3.8) is 0 Å². The number of hydrogen-bond acceptors (Lipinski definition) is 3. The molecule has 0 heterocycles. The molecule has 102 valence electrons. The first kappa shape index (κ1) is 16.4. The molecule has 0 saturated heterocycles. The summed E-state index contributed by atoms with van der Waals surface area (Å²) in [5.74, 6) is -0.761. The maximum absolute atomic E-state index is 12.4. The molecular weight excluding hydrogens is 250 g/mol. The molecule has 0 saturated carbocycles. The van der Waals surface area contributed by atoms with Crippen molar-refractivity contribution in [3.8, 4) is 0 Å². The summed E-state index contributed by atoms with van der Waals surface area (Å²) in [7, 11) is -3.87. The van der Waals surface area contributed by atoms with Crippen LogP contribution in [0, 0.1) is 0 Å². The largest absolute Gasteiger partial charge is 0.381 e. The Morgan fingerprint density at radius 1 is 1.24 bits per heavy atom. The highest BCUT2D eigenvalue weighted by Gasteiger charge is 2.17. The minimum atomic E-state index is -3.87. The second-order valence-corrected chi connectivity index (χ2v) is 5.47. The van der Waals surface area contributed by atoms with E-state index in [9.17, 15) is 17.2 Å². The van der Waals surface area contributed by atoms with Crippen molar-refractivity contribution in [2.24, 2.45) is 0 Å². The highest BCUT2D eigenvalue weighted by Crippen LogP contribution is 2.15. The fraction of sp³-hybridized carbons (Fsp3) is 0.818. The van der Waals surface area contributed by atoms with Crippen molar-refractivity contribution < 1.29 is 21.4 Å². The van der Waals surface area contributed by atoms with Crippen LogP contribution in [0.25, 0.3) is 0 Å². The molecule has 6 heteroatoms. The predicted molar refractivity (Wildman–Crippen MR) is 63.4 cm³/mol. The van der Waals surface area contributed by atoms with Gasteiger partial charge >= 0.3 is 10.1 Å². The van der Waals surface area contributed by atoms with Crippen molar-refractivity contribution in [1.82, 2.24) is 0 Å². The molecule has 0 aliphatic heterocycles. The third kappa shape index (κ3) is 10.2. The Morgan fingerprint density at radius 2 is 1.82 bits per heavy atom. The van der Waals surface area contributed by atoms with Gasteiger partial charge in [-0.15, -0.1) is 0 Å². The SMILES string of the molecule is CCCCCCC/C=C(/OS(C)(=O)=O)C(F)F. The first-order valence-corrected chi connectivity index (χ1v) is 7.56. The van der Waals surface area contributed by atoms with Crippen molar-refractivity contribution in [2.75, 3.05) is 6.26 Å². The van der Waals surface area contributed by atoms with E-state index in [1.807, 2.05) is 0 Å². The molecule has 0 aliphatic rings. The zero-order valence-electron chi connectivity index (χ0n) is 10.3. The minimum absolute atomic E-state index is 0.416. The van der Waals surface area contributed by atoms with Gasteiger partial charge in [0.2, 0.25) is 0 Å². The first-order valence-electron chi connectivity index (χ1n) is 5.74. The summed E-state index contributed by atoms with van der Waals surface area (Å²) in [6.07, 6.45) is 4.49. The molecule has 0 aliphatic carbocycles. The van der Waals surface area contributed by atoms with Gasteiger partial charge in [0.1, 0.15) is 0 Å². The summed E-state index contributed by atoms with van der Waals surface area (Å²) in [4.78, 5) is 0. The normalized spacial score (nSPS) is 13.1. The highest BCUT2D eigenvalue weighted by atomic mass is 32.2. The van der Waals surface area contributed by atoms with Crippen LogP contribution in [0.1, 0.15) is 45.4 Å². The maximum Gasteiger partial charge on any atom is 0.306 e. The summed E-state index contributed by atoms with van der Waals surface area (Å²) in [6.45, 7) is 2.09. The van der Waals surface area contributed by atoms with Crippen LogP contribution < -0.4 is 0 Å². The number of rotatable bonds is 9. The summed E-state index contributed by atoms with van der Waals surface area (Å²) < 4.78 is 50.5. The van der Waals surface area contributed by atoms with Gasteiger partial charge in [-0.3, -0.25) is 0 Å². The Hall–Kier alpha value is -0.650. The molecule has 0 aromatic heterocycles. The molecule has 3 nitrogen and oxygen atoms in total. The molecule has 0 fully saturated rings. The summed E-state index contributed by atoms with van der Waals surface area (Å²) in [5, 5.41) is 0. The number of allylic oxidation sites excluding steroid dienone is 2. The van der Waals surface area contributed by atoms with E-state index in [0.29, 0.717) is 6.42 Å². The quantitative estimate of drug-likeness (QED) is 0.366. The molecule has 0 aromatic carbocycles. The molecule has 0 N–H and O–H groups in total.